The number of nitrogens with zero attached hydrogens (tertiary/aromatic N) is 2. The van der Waals surface area contributed by atoms with Gasteiger partial charge < -0.3 is 10.2 Å². The first kappa shape index (κ1) is 22.0. The minimum atomic E-state index is -0.438. The number of quaternary nitrogens is 1. The van der Waals surface area contributed by atoms with E-state index in [1.165, 1.54) is 4.90 Å². The number of likely N-dealkylation sites (N-methyl/N-ethyl adjacent to an activating group) is 1. The number of benzene rings is 2. The van der Waals surface area contributed by atoms with E-state index < -0.39 is 17.7 Å². The Kier molecular flexibility index (Phi) is 5.98. The van der Waals surface area contributed by atoms with Gasteiger partial charge in [0, 0.05) is 11.8 Å². The Bertz CT molecular complexity index is 965. The van der Waals surface area contributed by atoms with Gasteiger partial charge in [-0.15, -0.1) is 0 Å². The van der Waals surface area contributed by atoms with Gasteiger partial charge in [-0.3, -0.25) is 19.3 Å². The van der Waals surface area contributed by atoms with E-state index in [9.17, 15) is 14.4 Å². The van der Waals surface area contributed by atoms with Crippen molar-refractivity contribution in [1.29, 1.82) is 0 Å². The van der Waals surface area contributed by atoms with Crippen molar-refractivity contribution in [2.45, 2.75) is 11.8 Å². The van der Waals surface area contributed by atoms with E-state index in [0.29, 0.717) is 11.0 Å². The highest BCUT2D eigenvalue weighted by Crippen LogP contribution is 2.49. The number of carbonyl (C=O) groups excluding carboxylic acids is 3. The number of imide groups is 1. The second-order valence-corrected chi connectivity index (χ2v) is 9.42. The molecule has 3 amide bonds. The van der Waals surface area contributed by atoms with Crippen LogP contribution in [0.2, 0.25) is 0 Å². The molecule has 6 heteroatoms. The quantitative estimate of drug-likeness (QED) is 0.414. The van der Waals surface area contributed by atoms with E-state index in [4.69, 9.17) is 5.73 Å². The maximum absolute atomic E-state index is 13.6. The Labute approximate surface area is 188 Å². The number of rotatable bonds is 7. The maximum atomic E-state index is 13.6. The molecule has 2 N–H and O–H groups in total. The van der Waals surface area contributed by atoms with Crippen molar-refractivity contribution in [3.05, 3.63) is 83.9 Å². The maximum Gasteiger partial charge on any atom is 0.272 e. The molecule has 0 aromatic heterocycles. The molecular weight excluding hydrogens is 402 g/mol. The van der Waals surface area contributed by atoms with E-state index in [0.717, 1.165) is 11.1 Å². The Morgan fingerprint density at radius 1 is 0.844 bits per heavy atom. The Hall–Kier alpha value is -3.25. The third-order valence-corrected chi connectivity index (χ3v) is 6.67. The largest absolute Gasteiger partial charge is 0.365 e. The van der Waals surface area contributed by atoms with Crippen LogP contribution in [0.1, 0.15) is 23.0 Å². The number of fused-ring (bicyclic) bond motifs is 1. The SMILES string of the molecule is C[N+](C)(CCN1C(=O)[C@@H]2[C@H](C1=O)[C@H](c1ccccc1)C=C[C@H]2c1ccccc1)CC(N)=O. The number of likely N-dealkylation sites (tertiary alicyclic amines) is 1. The van der Waals surface area contributed by atoms with E-state index in [1.807, 2.05) is 74.8 Å². The van der Waals surface area contributed by atoms with Gasteiger partial charge in [0.25, 0.3) is 5.91 Å². The van der Waals surface area contributed by atoms with Crippen LogP contribution in [0, 0.1) is 11.8 Å². The Morgan fingerprint density at radius 2 is 1.28 bits per heavy atom. The molecule has 2 aromatic carbocycles. The summed E-state index contributed by atoms with van der Waals surface area (Å²) < 4.78 is 0.324. The second kappa shape index (κ2) is 8.71. The molecule has 0 unspecified atom stereocenters. The first-order valence-corrected chi connectivity index (χ1v) is 11.0. The van der Waals surface area contributed by atoms with Crippen LogP contribution in [0.5, 0.6) is 0 Å². The number of hydrogen-bond acceptors (Lipinski definition) is 3. The highest BCUT2D eigenvalue weighted by Gasteiger charge is 2.55. The number of nitrogens with two attached hydrogens (primary N) is 1. The predicted octanol–water partition coefficient (Wildman–Crippen LogP) is 2.29. The molecule has 0 spiro atoms. The predicted molar refractivity (Wildman–Crippen MR) is 122 cm³/mol. The van der Waals surface area contributed by atoms with Crippen LogP contribution in [-0.2, 0) is 14.4 Å². The Morgan fingerprint density at radius 3 is 1.69 bits per heavy atom. The third kappa shape index (κ3) is 4.23. The average molecular weight is 433 g/mol. The van der Waals surface area contributed by atoms with Crippen LogP contribution in [0.3, 0.4) is 0 Å². The number of primary amides is 1. The van der Waals surface area contributed by atoms with E-state index in [-0.39, 0.29) is 36.7 Å². The van der Waals surface area contributed by atoms with Gasteiger partial charge in [-0.1, -0.05) is 72.8 Å². The molecule has 6 nitrogen and oxygen atoms in total. The molecule has 2 aliphatic rings. The van der Waals surface area contributed by atoms with Gasteiger partial charge in [0.15, 0.2) is 6.54 Å². The fourth-order valence-electron chi connectivity index (χ4n) is 5.09. The molecule has 0 bridgehead atoms. The van der Waals surface area contributed by atoms with Crippen molar-refractivity contribution < 1.29 is 18.9 Å². The van der Waals surface area contributed by atoms with Crippen molar-refractivity contribution in [3.63, 3.8) is 0 Å². The number of hydrogen-bond donors (Lipinski definition) is 1. The smallest absolute Gasteiger partial charge is 0.272 e. The monoisotopic (exact) mass is 432 g/mol. The van der Waals surface area contributed by atoms with Crippen molar-refractivity contribution in [3.8, 4) is 0 Å². The minimum absolute atomic E-state index is 0.127. The van der Waals surface area contributed by atoms with Gasteiger partial charge in [-0.25, -0.2) is 0 Å². The van der Waals surface area contributed by atoms with Gasteiger partial charge in [0.1, 0.15) is 0 Å². The molecule has 1 saturated heterocycles. The van der Waals surface area contributed by atoms with Crippen LogP contribution in [0.15, 0.2) is 72.8 Å². The van der Waals surface area contributed by atoms with Gasteiger partial charge in [0.2, 0.25) is 11.8 Å². The fourth-order valence-corrected chi connectivity index (χ4v) is 5.09. The van der Waals surface area contributed by atoms with Gasteiger partial charge in [-0.2, -0.15) is 0 Å². The normalized spacial score (nSPS) is 25.1. The molecule has 1 heterocycles. The molecule has 4 atom stereocenters. The molecule has 2 aromatic rings. The lowest BCUT2D eigenvalue weighted by Gasteiger charge is -2.32. The fraction of sp³-hybridized carbons (Fsp3) is 0.346. The summed E-state index contributed by atoms with van der Waals surface area (Å²) >= 11 is 0. The second-order valence-electron chi connectivity index (χ2n) is 9.42. The van der Waals surface area contributed by atoms with Crippen molar-refractivity contribution in [2.75, 3.05) is 33.7 Å². The van der Waals surface area contributed by atoms with E-state index in [1.54, 1.807) is 0 Å². The summed E-state index contributed by atoms with van der Waals surface area (Å²) in [5.41, 5.74) is 7.45. The summed E-state index contributed by atoms with van der Waals surface area (Å²) in [6, 6.07) is 19.8. The van der Waals surface area contributed by atoms with Crippen molar-refractivity contribution >= 4 is 17.7 Å². The molecular formula is C26H30N3O3+. The molecule has 4 rings (SSSR count). The summed E-state index contributed by atoms with van der Waals surface area (Å²) in [6.07, 6.45) is 4.19. The standard InChI is InChI=1S/C26H29N3O3/c1-29(2,17-22(27)30)16-15-28-25(31)23-20(18-9-5-3-6-10-18)13-14-21(24(23)26(28)32)19-11-7-4-8-12-19/h3-14,20-21,23-24H,15-17H2,1-2H3,(H-,27,30)/p+1/t20-,21-,23-,24+/m0/s1. The molecule has 1 fully saturated rings. The summed E-state index contributed by atoms with van der Waals surface area (Å²) in [4.78, 5) is 40.1. The van der Waals surface area contributed by atoms with E-state index in [2.05, 4.69) is 12.2 Å². The number of carbonyl (C=O) groups is 3. The van der Waals surface area contributed by atoms with Crippen LogP contribution >= 0.6 is 0 Å². The minimum Gasteiger partial charge on any atom is -0.365 e. The van der Waals surface area contributed by atoms with Crippen LogP contribution in [0.25, 0.3) is 0 Å². The van der Waals surface area contributed by atoms with Crippen LogP contribution in [-0.4, -0.2) is 60.8 Å². The first-order valence-electron chi connectivity index (χ1n) is 11.0. The zero-order valence-corrected chi connectivity index (χ0v) is 18.6. The molecule has 0 saturated carbocycles. The number of amides is 3. The molecule has 0 radical (unpaired) electrons. The summed E-state index contributed by atoms with van der Waals surface area (Å²) in [6.45, 7) is 0.900. The van der Waals surface area contributed by atoms with Gasteiger partial charge >= 0.3 is 0 Å². The lowest BCUT2D eigenvalue weighted by molar-refractivity contribution is -0.881. The molecule has 166 valence electrons. The first-order chi connectivity index (χ1) is 15.3. The van der Waals surface area contributed by atoms with Crippen LogP contribution < -0.4 is 5.73 Å². The average Bonchev–Trinajstić information content (AvgIpc) is 3.02. The third-order valence-electron chi connectivity index (χ3n) is 6.67. The highest BCUT2D eigenvalue weighted by molar-refractivity contribution is 6.06. The van der Waals surface area contributed by atoms with Crippen molar-refractivity contribution in [2.24, 2.45) is 17.6 Å². The molecule has 1 aliphatic heterocycles. The zero-order chi connectivity index (χ0) is 22.9. The molecule has 32 heavy (non-hydrogen) atoms. The van der Waals surface area contributed by atoms with Crippen molar-refractivity contribution in [1.82, 2.24) is 4.90 Å². The lowest BCUT2D eigenvalue weighted by Crippen LogP contribution is -2.50. The van der Waals surface area contributed by atoms with Gasteiger partial charge in [0.05, 0.1) is 39.0 Å². The molecule has 1 aliphatic carbocycles. The topological polar surface area (TPSA) is 80.5 Å². The lowest BCUT2D eigenvalue weighted by atomic mass is 9.68. The zero-order valence-electron chi connectivity index (χ0n) is 18.6. The highest BCUT2D eigenvalue weighted by atomic mass is 16.2. The number of allylic oxidation sites excluding steroid dienone is 2. The summed E-state index contributed by atoms with van der Waals surface area (Å²) in [5.74, 6) is -1.82. The Balaban J connectivity index is 1.67. The van der Waals surface area contributed by atoms with Crippen LogP contribution in [0.4, 0.5) is 0 Å². The summed E-state index contributed by atoms with van der Waals surface area (Å²) in [7, 11) is 3.76. The van der Waals surface area contributed by atoms with E-state index >= 15 is 0 Å². The summed E-state index contributed by atoms with van der Waals surface area (Å²) in [5, 5.41) is 0. The van der Waals surface area contributed by atoms with Gasteiger partial charge in [-0.05, 0) is 11.1 Å².